The van der Waals surface area contributed by atoms with E-state index in [0.717, 1.165) is 13.1 Å². The van der Waals surface area contributed by atoms with Crippen molar-refractivity contribution in [3.05, 3.63) is 35.4 Å². The second-order valence-corrected chi connectivity index (χ2v) is 6.08. The maximum Gasteiger partial charge on any atom is 0.0450 e. The van der Waals surface area contributed by atoms with Gasteiger partial charge in [-0.3, -0.25) is 4.90 Å². The number of hydrogen-bond donors (Lipinski definition) is 1. The molecule has 0 amide bonds. The van der Waals surface area contributed by atoms with Crippen molar-refractivity contribution < 1.29 is 0 Å². The number of likely N-dealkylation sites (tertiary alicyclic amines) is 1. The topological polar surface area (TPSA) is 32.5 Å². The van der Waals surface area contributed by atoms with Crippen molar-refractivity contribution in [1.29, 1.82) is 0 Å². The van der Waals surface area contributed by atoms with Gasteiger partial charge in [-0.05, 0) is 39.9 Å². The zero-order valence-electron chi connectivity index (χ0n) is 12.6. The molecule has 1 fully saturated rings. The fourth-order valence-corrected chi connectivity index (χ4v) is 2.85. The first-order valence-electron chi connectivity index (χ1n) is 7.21. The van der Waals surface area contributed by atoms with Crippen molar-refractivity contribution in [3.8, 4) is 0 Å². The molecule has 1 aromatic rings. The molecular formula is C16H27N3. The van der Waals surface area contributed by atoms with Crippen LogP contribution in [0.5, 0.6) is 0 Å². The number of nitrogens with zero attached hydrogens (tertiary/aromatic N) is 2. The van der Waals surface area contributed by atoms with Crippen molar-refractivity contribution >= 4 is 0 Å². The van der Waals surface area contributed by atoms with Crippen LogP contribution in [0.3, 0.4) is 0 Å². The summed E-state index contributed by atoms with van der Waals surface area (Å²) in [6.07, 6.45) is 1.25. The summed E-state index contributed by atoms with van der Waals surface area (Å²) >= 11 is 0. The molecule has 3 nitrogen and oxygen atoms in total. The van der Waals surface area contributed by atoms with Gasteiger partial charge in [-0.2, -0.15) is 0 Å². The average Bonchev–Trinajstić information content (AvgIpc) is 2.87. The number of rotatable bonds is 4. The predicted molar refractivity (Wildman–Crippen MR) is 81.2 cm³/mol. The largest absolute Gasteiger partial charge is 0.323 e. The van der Waals surface area contributed by atoms with Crippen LogP contribution in [0, 0.1) is 6.92 Å². The molecule has 1 heterocycles. The molecule has 106 valence electrons. The summed E-state index contributed by atoms with van der Waals surface area (Å²) in [5.74, 6) is 0. The second-order valence-electron chi connectivity index (χ2n) is 6.08. The van der Waals surface area contributed by atoms with E-state index >= 15 is 0 Å². The summed E-state index contributed by atoms with van der Waals surface area (Å²) in [5, 5.41) is 0. The van der Waals surface area contributed by atoms with E-state index in [2.05, 4.69) is 62.0 Å². The van der Waals surface area contributed by atoms with Crippen molar-refractivity contribution in [2.75, 3.05) is 27.2 Å². The normalized spacial score (nSPS) is 23.8. The summed E-state index contributed by atoms with van der Waals surface area (Å²) in [6.45, 7) is 6.65. The zero-order valence-corrected chi connectivity index (χ0v) is 12.6. The standard InChI is InChI=1S/C16H27N3/c1-12-5-7-14(8-6-12)16(17)13(2)19-10-9-15(11-19)18(3)4/h5-8,13,15-16H,9-11,17H2,1-4H3. The Kier molecular flexibility index (Phi) is 4.61. The predicted octanol–water partition coefficient (Wildman–Crippen LogP) is 2.02. The Morgan fingerprint density at radius 2 is 1.89 bits per heavy atom. The highest BCUT2D eigenvalue weighted by molar-refractivity contribution is 5.25. The van der Waals surface area contributed by atoms with Crippen LogP contribution in [-0.2, 0) is 0 Å². The molecule has 3 atom stereocenters. The van der Waals surface area contributed by atoms with Gasteiger partial charge in [0, 0.05) is 31.2 Å². The summed E-state index contributed by atoms with van der Waals surface area (Å²) in [6, 6.07) is 9.79. The molecule has 1 saturated heterocycles. The lowest BCUT2D eigenvalue weighted by Crippen LogP contribution is -2.41. The van der Waals surface area contributed by atoms with Gasteiger partial charge in [0.1, 0.15) is 0 Å². The van der Waals surface area contributed by atoms with Gasteiger partial charge in [0.25, 0.3) is 0 Å². The molecule has 0 spiro atoms. The highest BCUT2D eigenvalue weighted by Gasteiger charge is 2.30. The fraction of sp³-hybridized carbons (Fsp3) is 0.625. The van der Waals surface area contributed by atoms with E-state index in [1.165, 1.54) is 17.5 Å². The second kappa shape index (κ2) is 6.04. The third-order valence-corrected chi connectivity index (χ3v) is 4.48. The molecule has 1 aliphatic heterocycles. The highest BCUT2D eigenvalue weighted by atomic mass is 15.3. The van der Waals surface area contributed by atoms with E-state index < -0.39 is 0 Å². The van der Waals surface area contributed by atoms with E-state index in [4.69, 9.17) is 5.73 Å². The smallest absolute Gasteiger partial charge is 0.0450 e. The van der Waals surface area contributed by atoms with E-state index in [9.17, 15) is 0 Å². The maximum atomic E-state index is 6.43. The molecule has 1 aliphatic rings. The minimum Gasteiger partial charge on any atom is -0.323 e. The third-order valence-electron chi connectivity index (χ3n) is 4.48. The van der Waals surface area contributed by atoms with Gasteiger partial charge in [-0.1, -0.05) is 29.8 Å². The molecule has 0 radical (unpaired) electrons. The Balaban J connectivity index is 2.00. The molecular weight excluding hydrogens is 234 g/mol. The number of hydrogen-bond acceptors (Lipinski definition) is 3. The van der Waals surface area contributed by atoms with Gasteiger partial charge in [0.05, 0.1) is 0 Å². The Morgan fingerprint density at radius 1 is 1.26 bits per heavy atom. The Bertz CT molecular complexity index is 399. The monoisotopic (exact) mass is 261 g/mol. The summed E-state index contributed by atoms with van der Waals surface area (Å²) < 4.78 is 0. The Labute approximate surface area is 117 Å². The van der Waals surface area contributed by atoms with E-state index in [-0.39, 0.29) is 6.04 Å². The number of nitrogens with two attached hydrogens (primary N) is 1. The highest BCUT2D eigenvalue weighted by Crippen LogP contribution is 2.23. The van der Waals surface area contributed by atoms with E-state index in [0.29, 0.717) is 12.1 Å². The SMILES string of the molecule is Cc1ccc(C(N)C(C)N2CCC(N(C)C)C2)cc1. The van der Waals surface area contributed by atoms with Gasteiger partial charge < -0.3 is 10.6 Å². The van der Waals surface area contributed by atoms with Crippen LogP contribution >= 0.6 is 0 Å². The molecule has 19 heavy (non-hydrogen) atoms. The van der Waals surface area contributed by atoms with E-state index in [1.807, 2.05) is 0 Å². The van der Waals surface area contributed by atoms with Gasteiger partial charge in [0.15, 0.2) is 0 Å². The number of aryl methyl sites for hydroxylation is 1. The van der Waals surface area contributed by atoms with Crippen molar-refractivity contribution in [3.63, 3.8) is 0 Å². The first kappa shape index (κ1) is 14.5. The molecule has 0 aliphatic carbocycles. The fourth-order valence-electron chi connectivity index (χ4n) is 2.85. The van der Waals surface area contributed by atoms with Crippen LogP contribution in [0.25, 0.3) is 0 Å². The van der Waals surface area contributed by atoms with Gasteiger partial charge in [-0.25, -0.2) is 0 Å². The van der Waals surface area contributed by atoms with Gasteiger partial charge in [-0.15, -0.1) is 0 Å². The summed E-state index contributed by atoms with van der Waals surface area (Å²) in [5.41, 5.74) is 8.97. The molecule has 0 aromatic heterocycles. The molecule has 3 heteroatoms. The quantitative estimate of drug-likeness (QED) is 0.900. The Hall–Kier alpha value is -0.900. The summed E-state index contributed by atoms with van der Waals surface area (Å²) in [7, 11) is 4.33. The Morgan fingerprint density at radius 3 is 2.42 bits per heavy atom. The van der Waals surface area contributed by atoms with Gasteiger partial charge in [0.2, 0.25) is 0 Å². The van der Waals surface area contributed by atoms with Gasteiger partial charge >= 0.3 is 0 Å². The third kappa shape index (κ3) is 3.35. The first-order chi connectivity index (χ1) is 8.99. The van der Waals surface area contributed by atoms with Crippen LogP contribution in [0.1, 0.15) is 30.5 Å². The van der Waals surface area contributed by atoms with Crippen LogP contribution in [0.4, 0.5) is 0 Å². The van der Waals surface area contributed by atoms with Crippen LogP contribution in [-0.4, -0.2) is 49.1 Å². The zero-order chi connectivity index (χ0) is 14.0. The number of benzene rings is 1. The number of likely N-dealkylation sites (N-methyl/N-ethyl adjacent to an activating group) is 1. The van der Waals surface area contributed by atoms with Crippen LogP contribution in [0.15, 0.2) is 24.3 Å². The van der Waals surface area contributed by atoms with Crippen molar-refractivity contribution in [2.24, 2.45) is 5.73 Å². The van der Waals surface area contributed by atoms with E-state index in [1.54, 1.807) is 0 Å². The average molecular weight is 261 g/mol. The minimum atomic E-state index is 0.0986. The minimum absolute atomic E-state index is 0.0986. The first-order valence-corrected chi connectivity index (χ1v) is 7.21. The lowest BCUT2D eigenvalue weighted by atomic mass is 9.99. The molecule has 3 unspecified atom stereocenters. The summed E-state index contributed by atoms with van der Waals surface area (Å²) in [4.78, 5) is 4.85. The molecule has 2 rings (SSSR count). The lowest BCUT2D eigenvalue weighted by Gasteiger charge is -2.30. The van der Waals surface area contributed by atoms with Crippen LogP contribution < -0.4 is 5.73 Å². The maximum absolute atomic E-state index is 6.43. The van der Waals surface area contributed by atoms with Crippen molar-refractivity contribution in [1.82, 2.24) is 9.80 Å². The molecule has 1 aromatic carbocycles. The molecule has 2 N–H and O–H groups in total. The molecule has 0 bridgehead atoms. The molecule has 0 saturated carbocycles. The van der Waals surface area contributed by atoms with Crippen LogP contribution in [0.2, 0.25) is 0 Å². The lowest BCUT2D eigenvalue weighted by molar-refractivity contribution is 0.204. The van der Waals surface area contributed by atoms with Crippen molar-refractivity contribution in [2.45, 2.75) is 38.4 Å².